The van der Waals surface area contributed by atoms with Crippen LogP contribution in [0.15, 0.2) is 15.2 Å². The lowest BCUT2D eigenvalue weighted by molar-refractivity contribution is 0.0269. The summed E-state index contributed by atoms with van der Waals surface area (Å²) in [4.78, 5) is 14.2. The monoisotopic (exact) mass is 285 g/mol. The van der Waals surface area contributed by atoms with Crippen LogP contribution < -0.4 is 0 Å². The molecule has 2 fully saturated rings. The van der Waals surface area contributed by atoms with E-state index in [4.69, 9.17) is 0 Å². The molecule has 4 heteroatoms. The zero-order valence-electron chi connectivity index (χ0n) is 8.28. The Bertz CT molecular complexity index is 403. The number of halogens is 1. The van der Waals surface area contributed by atoms with E-state index in [-0.39, 0.29) is 5.91 Å². The predicted molar refractivity (Wildman–Crippen MR) is 64.2 cm³/mol. The molecule has 2 atom stereocenters. The molecule has 0 bridgehead atoms. The molecule has 0 N–H and O–H groups in total. The lowest BCUT2D eigenvalue weighted by Crippen LogP contribution is -2.55. The molecule has 2 aliphatic rings. The van der Waals surface area contributed by atoms with Gasteiger partial charge in [0.25, 0.3) is 5.91 Å². The van der Waals surface area contributed by atoms with Crippen LogP contribution in [0.3, 0.4) is 0 Å². The van der Waals surface area contributed by atoms with E-state index in [1.54, 1.807) is 11.3 Å². The normalized spacial score (nSPS) is 28.7. The number of nitrogens with zero attached hydrogens (tertiary/aromatic N) is 1. The summed E-state index contributed by atoms with van der Waals surface area (Å²) in [6, 6.07) is 0.546. The van der Waals surface area contributed by atoms with Crippen molar-refractivity contribution in [2.75, 3.05) is 6.54 Å². The average molecular weight is 286 g/mol. The van der Waals surface area contributed by atoms with Gasteiger partial charge in [-0.2, -0.15) is 11.3 Å². The average Bonchev–Trinajstić information content (AvgIpc) is 2.74. The highest BCUT2D eigenvalue weighted by atomic mass is 79.9. The van der Waals surface area contributed by atoms with Crippen LogP contribution in [0, 0.1) is 5.92 Å². The first-order chi connectivity index (χ1) is 7.27. The van der Waals surface area contributed by atoms with Gasteiger partial charge in [0, 0.05) is 27.8 Å². The first kappa shape index (κ1) is 9.85. The van der Waals surface area contributed by atoms with Gasteiger partial charge in [-0.1, -0.05) is 6.42 Å². The first-order valence-corrected chi connectivity index (χ1v) is 7.03. The second kappa shape index (κ2) is 3.59. The van der Waals surface area contributed by atoms with Crippen LogP contribution in [0.4, 0.5) is 0 Å². The van der Waals surface area contributed by atoms with Crippen molar-refractivity contribution in [1.82, 2.24) is 4.90 Å². The number of rotatable bonds is 1. The molecule has 1 saturated heterocycles. The largest absolute Gasteiger partial charge is 0.335 e. The highest BCUT2D eigenvalue weighted by Crippen LogP contribution is 2.40. The van der Waals surface area contributed by atoms with Crippen LogP contribution in [0.25, 0.3) is 0 Å². The minimum atomic E-state index is 0.214. The summed E-state index contributed by atoms with van der Waals surface area (Å²) in [5.41, 5.74) is 0.838. The van der Waals surface area contributed by atoms with Crippen molar-refractivity contribution in [3.8, 4) is 0 Å². The van der Waals surface area contributed by atoms with Crippen molar-refractivity contribution >= 4 is 33.2 Å². The Kier molecular flexibility index (Phi) is 2.36. The Balaban J connectivity index is 1.79. The molecule has 3 rings (SSSR count). The molecule has 1 aromatic rings. The summed E-state index contributed by atoms with van der Waals surface area (Å²) in [6.07, 6.45) is 3.82. The highest BCUT2D eigenvalue weighted by Gasteiger charge is 2.44. The topological polar surface area (TPSA) is 20.3 Å². The Morgan fingerprint density at radius 3 is 3.00 bits per heavy atom. The van der Waals surface area contributed by atoms with Crippen LogP contribution >= 0.6 is 27.3 Å². The van der Waals surface area contributed by atoms with Crippen LogP contribution in [-0.4, -0.2) is 23.4 Å². The molecular weight excluding hydrogens is 274 g/mol. The number of carbonyl (C=O) groups excluding carboxylic acids is 1. The Labute approximate surface area is 101 Å². The zero-order chi connectivity index (χ0) is 10.4. The van der Waals surface area contributed by atoms with E-state index >= 15 is 0 Å². The van der Waals surface area contributed by atoms with Crippen molar-refractivity contribution in [2.24, 2.45) is 5.92 Å². The van der Waals surface area contributed by atoms with E-state index in [1.165, 1.54) is 19.3 Å². The van der Waals surface area contributed by atoms with Gasteiger partial charge in [-0.15, -0.1) is 0 Å². The second-order valence-corrected chi connectivity index (χ2v) is 5.95. The summed E-state index contributed by atoms with van der Waals surface area (Å²) < 4.78 is 0.943. The van der Waals surface area contributed by atoms with Crippen molar-refractivity contribution in [3.05, 3.63) is 20.8 Å². The molecule has 1 aromatic heterocycles. The summed E-state index contributed by atoms with van der Waals surface area (Å²) >= 11 is 5.00. The van der Waals surface area contributed by atoms with E-state index < -0.39 is 0 Å². The van der Waals surface area contributed by atoms with Gasteiger partial charge in [-0.05, 0) is 34.7 Å². The number of hydrogen-bond donors (Lipinski definition) is 0. The number of carbonyl (C=O) groups is 1. The number of likely N-dealkylation sites (tertiary alicyclic amines) is 1. The fourth-order valence-electron chi connectivity index (χ4n) is 2.71. The van der Waals surface area contributed by atoms with Crippen LogP contribution in [0.1, 0.15) is 29.6 Å². The molecule has 1 amide bonds. The Morgan fingerprint density at radius 2 is 2.33 bits per heavy atom. The zero-order valence-corrected chi connectivity index (χ0v) is 10.7. The van der Waals surface area contributed by atoms with Crippen LogP contribution in [-0.2, 0) is 0 Å². The van der Waals surface area contributed by atoms with Gasteiger partial charge >= 0.3 is 0 Å². The molecule has 80 valence electrons. The van der Waals surface area contributed by atoms with Gasteiger partial charge in [0.2, 0.25) is 0 Å². The van der Waals surface area contributed by atoms with Gasteiger partial charge in [0.1, 0.15) is 0 Å². The molecule has 1 aliphatic heterocycles. The maximum Gasteiger partial charge on any atom is 0.256 e. The minimum Gasteiger partial charge on any atom is -0.335 e. The predicted octanol–water partition coefficient (Wildman–Crippen LogP) is 3.14. The molecule has 2 unspecified atom stereocenters. The third-order valence-electron chi connectivity index (χ3n) is 3.56. The van der Waals surface area contributed by atoms with Crippen molar-refractivity contribution in [3.63, 3.8) is 0 Å². The molecule has 0 spiro atoms. The smallest absolute Gasteiger partial charge is 0.256 e. The van der Waals surface area contributed by atoms with E-state index in [1.807, 2.05) is 15.7 Å². The Hall–Kier alpha value is -0.350. The molecular formula is C11H12BrNOS. The maximum atomic E-state index is 12.2. The van der Waals surface area contributed by atoms with Gasteiger partial charge in [-0.25, -0.2) is 0 Å². The van der Waals surface area contributed by atoms with E-state index in [0.29, 0.717) is 6.04 Å². The quantitative estimate of drug-likeness (QED) is 0.776. The van der Waals surface area contributed by atoms with Gasteiger partial charge in [0.05, 0.1) is 5.56 Å². The highest BCUT2D eigenvalue weighted by molar-refractivity contribution is 9.10. The molecule has 2 nitrogen and oxygen atoms in total. The summed E-state index contributed by atoms with van der Waals surface area (Å²) in [7, 11) is 0. The van der Waals surface area contributed by atoms with Gasteiger partial charge < -0.3 is 4.90 Å². The first-order valence-electron chi connectivity index (χ1n) is 5.30. The van der Waals surface area contributed by atoms with Crippen molar-refractivity contribution < 1.29 is 4.79 Å². The minimum absolute atomic E-state index is 0.214. The van der Waals surface area contributed by atoms with Gasteiger partial charge in [-0.3, -0.25) is 4.79 Å². The van der Waals surface area contributed by atoms with Crippen LogP contribution in [0.2, 0.25) is 0 Å². The summed E-state index contributed by atoms with van der Waals surface area (Å²) in [5, 5.41) is 3.91. The number of hydrogen-bond acceptors (Lipinski definition) is 2. The van der Waals surface area contributed by atoms with Crippen molar-refractivity contribution in [2.45, 2.75) is 25.3 Å². The van der Waals surface area contributed by atoms with Crippen molar-refractivity contribution in [1.29, 1.82) is 0 Å². The number of amides is 1. The Morgan fingerprint density at radius 1 is 1.47 bits per heavy atom. The lowest BCUT2D eigenvalue weighted by Gasteiger charge is -2.44. The third kappa shape index (κ3) is 1.46. The fraction of sp³-hybridized carbons (Fsp3) is 0.545. The molecule has 0 radical (unpaired) electrons. The van der Waals surface area contributed by atoms with Crippen LogP contribution in [0.5, 0.6) is 0 Å². The van der Waals surface area contributed by atoms with Gasteiger partial charge in [0.15, 0.2) is 0 Å². The van der Waals surface area contributed by atoms with E-state index in [2.05, 4.69) is 15.9 Å². The number of thiophene rings is 1. The SMILES string of the molecule is O=C(c1cscc1Br)N1CC2CCCC21. The summed E-state index contributed by atoms with van der Waals surface area (Å²) in [5.74, 6) is 1.01. The number of fused-ring (bicyclic) bond motifs is 1. The maximum absolute atomic E-state index is 12.2. The van der Waals surface area contributed by atoms with E-state index in [0.717, 1.165) is 22.5 Å². The molecule has 1 aliphatic carbocycles. The van der Waals surface area contributed by atoms with E-state index in [9.17, 15) is 4.79 Å². The molecule has 15 heavy (non-hydrogen) atoms. The fourth-order valence-corrected chi connectivity index (χ4v) is 4.15. The summed E-state index contributed by atoms with van der Waals surface area (Å²) in [6.45, 7) is 0.978. The standard InChI is InChI=1S/C11H12BrNOS/c12-9-6-15-5-8(9)11(14)13-4-7-2-1-3-10(7)13/h5-7,10H,1-4H2. The third-order valence-corrected chi connectivity index (χ3v) is 5.26. The molecule has 2 heterocycles. The lowest BCUT2D eigenvalue weighted by atomic mass is 9.91. The molecule has 0 aromatic carbocycles. The second-order valence-electron chi connectivity index (χ2n) is 4.35. The molecule has 1 saturated carbocycles.